The lowest BCUT2D eigenvalue weighted by molar-refractivity contribution is 0.0994. The van der Waals surface area contributed by atoms with Crippen molar-refractivity contribution in [3.63, 3.8) is 0 Å². The average molecular weight is 260 g/mol. The zero-order chi connectivity index (χ0) is 13.0. The van der Waals surface area contributed by atoms with Gasteiger partial charge in [-0.2, -0.15) is 0 Å². The maximum Gasteiger partial charge on any atom is 0.180 e. The molecule has 0 spiro atoms. The van der Waals surface area contributed by atoms with Crippen molar-refractivity contribution in [1.82, 2.24) is 0 Å². The number of hydrogen-bond acceptors (Lipinski definition) is 3. The fraction of sp³-hybridized carbons (Fsp3) is 0.267. The van der Waals surface area contributed by atoms with Gasteiger partial charge in [0, 0.05) is 6.42 Å². The number of thiophene rings is 1. The van der Waals surface area contributed by atoms with E-state index >= 15 is 0 Å². The summed E-state index contributed by atoms with van der Waals surface area (Å²) in [4.78, 5) is 12.8. The predicted octanol–water partition coefficient (Wildman–Crippen LogP) is 3.74. The van der Waals surface area contributed by atoms with Gasteiger partial charge in [0.2, 0.25) is 0 Å². The zero-order valence-corrected chi connectivity index (χ0v) is 11.4. The molecule has 0 N–H and O–H groups in total. The minimum Gasteiger partial charge on any atom is -0.495 e. The summed E-state index contributed by atoms with van der Waals surface area (Å²) >= 11 is 1.43. The molecule has 0 amide bonds. The third-order valence-corrected chi connectivity index (χ3v) is 3.83. The second-order valence-electron chi connectivity index (χ2n) is 4.09. The third-order valence-electron chi connectivity index (χ3n) is 2.90. The van der Waals surface area contributed by atoms with Crippen LogP contribution in [0.1, 0.15) is 27.7 Å². The molecule has 0 fully saturated rings. The second kappa shape index (κ2) is 5.83. The molecule has 1 aromatic heterocycles. The Kier molecular flexibility index (Phi) is 4.15. The Morgan fingerprint density at radius 1 is 1.17 bits per heavy atom. The lowest BCUT2D eigenvalue weighted by Crippen LogP contribution is -2.03. The highest BCUT2D eigenvalue weighted by Gasteiger charge is 2.14. The molecule has 0 aliphatic heterocycles. The van der Waals surface area contributed by atoms with Crippen molar-refractivity contribution in [3.8, 4) is 5.75 Å². The molecule has 0 radical (unpaired) electrons. The highest BCUT2D eigenvalue weighted by atomic mass is 32.1. The van der Waals surface area contributed by atoms with Gasteiger partial charge in [0.05, 0.1) is 7.11 Å². The molecular weight excluding hydrogens is 244 g/mol. The van der Waals surface area contributed by atoms with Crippen molar-refractivity contribution in [2.45, 2.75) is 19.8 Å². The fourth-order valence-corrected chi connectivity index (χ4v) is 2.62. The summed E-state index contributed by atoms with van der Waals surface area (Å²) in [6.45, 7) is 2.12. The van der Waals surface area contributed by atoms with E-state index in [9.17, 15) is 4.79 Å². The minimum atomic E-state index is 0.117. The maximum absolute atomic E-state index is 12.1. The molecule has 0 saturated carbocycles. The normalized spacial score (nSPS) is 10.3. The number of ether oxygens (including phenoxy) is 1. The first-order chi connectivity index (χ1) is 8.74. The van der Waals surface area contributed by atoms with E-state index in [1.807, 2.05) is 23.6 Å². The average Bonchev–Trinajstić information content (AvgIpc) is 2.88. The summed E-state index contributed by atoms with van der Waals surface area (Å²) in [6, 6.07) is 10.0. The highest BCUT2D eigenvalue weighted by molar-refractivity contribution is 7.12. The van der Waals surface area contributed by atoms with Gasteiger partial charge in [0.1, 0.15) is 10.6 Å². The van der Waals surface area contributed by atoms with Gasteiger partial charge in [-0.25, -0.2) is 0 Å². The Hall–Kier alpha value is -1.61. The van der Waals surface area contributed by atoms with Crippen LogP contribution in [0.25, 0.3) is 0 Å². The van der Waals surface area contributed by atoms with Crippen LogP contribution in [0.4, 0.5) is 0 Å². The van der Waals surface area contributed by atoms with E-state index < -0.39 is 0 Å². The quantitative estimate of drug-likeness (QED) is 0.765. The van der Waals surface area contributed by atoms with Gasteiger partial charge < -0.3 is 4.74 Å². The minimum absolute atomic E-state index is 0.117. The molecule has 3 heteroatoms. The van der Waals surface area contributed by atoms with Crippen LogP contribution in [0, 0.1) is 0 Å². The molecule has 2 aromatic rings. The van der Waals surface area contributed by atoms with Crippen LogP contribution in [0.2, 0.25) is 0 Å². The Morgan fingerprint density at radius 3 is 2.44 bits per heavy atom. The number of benzene rings is 1. The first-order valence-electron chi connectivity index (χ1n) is 5.97. The van der Waals surface area contributed by atoms with E-state index in [0.29, 0.717) is 17.0 Å². The van der Waals surface area contributed by atoms with Crippen molar-refractivity contribution in [2.24, 2.45) is 0 Å². The van der Waals surface area contributed by atoms with E-state index in [1.54, 1.807) is 7.11 Å². The molecule has 0 bridgehead atoms. The lowest BCUT2D eigenvalue weighted by Gasteiger charge is -2.03. The third kappa shape index (κ3) is 2.79. The number of Topliss-reactive ketones (excluding diaryl/α,β-unsaturated/α-hetero) is 1. The van der Waals surface area contributed by atoms with Crippen LogP contribution in [0.3, 0.4) is 0 Å². The zero-order valence-electron chi connectivity index (χ0n) is 10.6. The molecule has 0 unspecified atom stereocenters. The van der Waals surface area contributed by atoms with Crippen molar-refractivity contribution in [3.05, 3.63) is 51.7 Å². The molecule has 2 rings (SSSR count). The van der Waals surface area contributed by atoms with Crippen molar-refractivity contribution in [2.75, 3.05) is 7.11 Å². The number of hydrogen-bond donors (Lipinski definition) is 0. The molecule has 0 aliphatic rings. The number of carbonyl (C=O) groups excluding carboxylic acids is 1. The van der Waals surface area contributed by atoms with Crippen LogP contribution in [-0.2, 0) is 12.8 Å². The lowest BCUT2D eigenvalue weighted by atomic mass is 10.0. The van der Waals surface area contributed by atoms with E-state index in [4.69, 9.17) is 4.74 Å². The summed E-state index contributed by atoms with van der Waals surface area (Å²) < 4.78 is 5.17. The summed E-state index contributed by atoms with van der Waals surface area (Å²) in [5, 5.41) is 1.88. The molecule has 0 saturated heterocycles. The Balaban J connectivity index is 2.11. The molecule has 1 aromatic carbocycles. The van der Waals surface area contributed by atoms with Crippen LogP contribution >= 0.6 is 11.3 Å². The largest absolute Gasteiger partial charge is 0.495 e. The van der Waals surface area contributed by atoms with E-state index in [1.165, 1.54) is 16.9 Å². The highest BCUT2D eigenvalue weighted by Crippen LogP contribution is 2.26. The smallest absolute Gasteiger partial charge is 0.180 e. The number of carbonyl (C=O) groups is 1. The first-order valence-corrected chi connectivity index (χ1v) is 6.85. The van der Waals surface area contributed by atoms with Crippen molar-refractivity contribution in [1.29, 1.82) is 0 Å². The summed E-state index contributed by atoms with van der Waals surface area (Å²) in [5.74, 6) is 0.793. The first kappa shape index (κ1) is 12.8. The van der Waals surface area contributed by atoms with Gasteiger partial charge in [-0.15, -0.1) is 11.3 Å². The number of rotatable bonds is 5. The van der Waals surface area contributed by atoms with Gasteiger partial charge in [0.25, 0.3) is 0 Å². The monoisotopic (exact) mass is 260 g/mol. The van der Waals surface area contributed by atoms with E-state index in [2.05, 4.69) is 19.1 Å². The molecule has 94 valence electrons. The Labute approximate surface area is 111 Å². The number of methoxy groups -OCH3 is 1. The van der Waals surface area contributed by atoms with Gasteiger partial charge in [0.15, 0.2) is 5.78 Å². The number of ketones is 1. The van der Waals surface area contributed by atoms with Crippen LogP contribution in [0.15, 0.2) is 35.7 Å². The molecule has 1 heterocycles. The van der Waals surface area contributed by atoms with Gasteiger partial charge in [-0.3, -0.25) is 4.79 Å². The molecular formula is C15H16O2S. The second-order valence-corrected chi connectivity index (χ2v) is 5.00. The van der Waals surface area contributed by atoms with Crippen LogP contribution in [0.5, 0.6) is 5.75 Å². The topological polar surface area (TPSA) is 26.3 Å². The summed E-state index contributed by atoms with van der Waals surface area (Å²) in [6.07, 6.45) is 1.45. The Bertz CT molecular complexity index is 526. The summed E-state index contributed by atoms with van der Waals surface area (Å²) in [5.41, 5.74) is 2.34. The van der Waals surface area contributed by atoms with Crippen LogP contribution in [-0.4, -0.2) is 12.9 Å². The molecule has 0 atom stereocenters. The van der Waals surface area contributed by atoms with E-state index in [-0.39, 0.29) is 5.78 Å². The Morgan fingerprint density at radius 2 is 1.83 bits per heavy atom. The van der Waals surface area contributed by atoms with Crippen molar-refractivity contribution < 1.29 is 9.53 Å². The predicted molar refractivity (Wildman–Crippen MR) is 74.7 cm³/mol. The van der Waals surface area contributed by atoms with E-state index in [0.717, 1.165) is 12.0 Å². The van der Waals surface area contributed by atoms with Gasteiger partial charge in [-0.1, -0.05) is 31.2 Å². The molecule has 0 aliphatic carbocycles. The van der Waals surface area contributed by atoms with Gasteiger partial charge in [-0.05, 0) is 29.0 Å². The maximum atomic E-state index is 12.1. The summed E-state index contributed by atoms with van der Waals surface area (Å²) in [7, 11) is 1.59. The van der Waals surface area contributed by atoms with Crippen molar-refractivity contribution >= 4 is 17.1 Å². The number of aryl methyl sites for hydroxylation is 1. The fourth-order valence-electron chi connectivity index (χ4n) is 1.82. The molecule has 18 heavy (non-hydrogen) atoms. The van der Waals surface area contributed by atoms with Gasteiger partial charge >= 0.3 is 0 Å². The van der Waals surface area contributed by atoms with Crippen LogP contribution < -0.4 is 4.74 Å². The standard InChI is InChI=1S/C15H16O2S/c1-3-11-4-6-12(7-5-11)10-13(16)15-14(17-2)8-9-18-15/h4-9H,3,10H2,1-2H3. The SMILES string of the molecule is CCc1ccc(CC(=O)c2sccc2OC)cc1. The molecule has 2 nitrogen and oxygen atoms in total.